The van der Waals surface area contributed by atoms with Crippen molar-refractivity contribution in [3.8, 4) is 5.75 Å². The van der Waals surface area contributed by atoms with Crippen LogP contribution in [0.1, 0.15) is 25.7 Å². The third-order valence-electron chi connectivity index (χ3n) is 5.82. The van der Waals surface area contributed by atoms with Gasteiger partial charge >= 0.3 is 0 Å². The number of hydrogen-bond donors (Lipinski definition) is 0. The number of likely N-dealkylation sites (N-methyl/N-ethyl adjacent to an activating group) is 1. The Morgan fingerprint density at radius 1 is 1.24 bits per heavy atom. The normalized spacial score (nSPS) is 23.2. The number of ether oxygens (including phenoxy) is 2. The first-order chi connectivity index (χ1) is 12.0. The summed E-state index contributed by atoms with van der Waals surface area (Å²) in [6.07, 6.45) is 4.32. The van der Waals surface area contributed by atoms with Gasteiger partial charge in [0.25, 0.3) is 5.91 Å². The molecule has 1 unspecified atom stereocenters. The van der Waals surface area contributed by atoms with Crippen LogP contribution in [0.4, 0.5) is 4.39 Å². The van der Waals surface area contributed by atoms with Gasteiger partial charge in [0.15, 0.2) is 6.61 Å². The van der Waals surface area contributed by atoms with Gasteiger partial charge in [-0.05, 0) is 57.0 Å². The molecule has 138 valence electrons. The molecule has 2 fully saturated rings. The number of halogens is 1. The first-order valence-corrected chi connectivity index (χ1v) is 8.92. The largest absolute Gasteiger partial charge is 0.484 e. The van der Waals surface area contributed by atoms with E-state index in [0.717, 1.165) is 39.0 Å². The van der Waals surface area contributed by atoms with E-state index in [0.29, 0.717) is 11.8 Å². The second kappa shape index (κ2) is 7.70. The van der Waals surface area contributed by atoms with E-state index in [-0.39, 0.29) is 23.9 Å². The number of benzene rings is 1. The SMILES string of the molecule is COCC1CCC2(CCN(C(=O)COc3ccc(F)cc3)CC2)N1C. The second-order valence-corrected chi connectivity index (χ2v) is 7.11. The summed E-state index contributed by atoms with van der Waals surface area (Å²) in [4.78, 5) is 16.7. The Morgan fingerprint density at radius 2 is 1.92 bits per heavy atom. The minimum Gasteiger partial charge on any atom is -0.484 e. The molecule has 0 aliphatic carbocycles. The van der Waals surface area contributed by atoms with Crippen LogP contribution in [-0.2, 0) is 9.53 Å². The fourth-order valence-electron chi connectivity index (χ4n) is 4.12. The molecule has 1 spiro atoms. The number of methoxy groups -OCH3 is 1. The number of hydrogen-bond acceptors (Lipinski definition) is 4. The fraction of sp³-hybridized carbons (Fsp3) is 0.632. The number of nitrogens with zero attached hydrogens (tertiary/aromatic N) is 2. The van der Waals surface area contributed by atoms with Crippen LogP contribution in [0.15, 0.2) is 24.3 Å². The molecule has 0 N–H and O–H groups in total. The highest BCUT2D eigenvalue weighted by molar-refractivity contribution is 5.77. The average Bonchev–Trinajstić information content (AvgIpc) is 2.92. The molecule has 2 saturated heterocycles. The average molecular weight is 350 g/mol. The standard InChI is InChI=1S/C19H27FN2O3/c1-21-16(13-24-2)7-8-19(21)9-11-22(12-10-19)18(23)14-25-17-5-3-15(20)4-6-17/h3-6,16H,7-14H2,1-2H3. The van der Waals surface area contributed by atoms with E-state index in [4.69, 9.17) is 9.47 Å². The topological polar surface area (TPSA) is 42.0 Å². The Morgan fingerprint density at radius 3 is 2.56 bits per heavy atom. The van der Waals surface area contributed by atoms with Gasteiger partial charge in [-0.2, -0.15) is 0 Å². The maximum atomic E-state index is 12.9. The highest BCUT2D eigenvalue weighted by atomic mass is 19.1. The highest BCUT2D eigenvalue weighted by Gasteiger charge is 2.46. The minimum absolute atomic E-state index is 0.000765. The Labute approximate surface area is 148 Å². The van der Waals surface area contributed by atoms with Gasteiger partial charge in [-0.25, -0.2) is 4.39 Å². The Hall–Kier alpha value is -1.66. The van der Waals surface area contributed by atoms with Crippen molar-refractivity contribution in [2.24, 2.45) is 0 Å². The fourth-order valence-corrected chi connectivity index (χ4v) is 4.12. The van der Waals surface area contributed by atoms with Crippen molar-refractivity contribution in [3.63, 3.8) is 0 Å². The smallest absolute Gasteiger partial charge is 0.260 e. The molecule has 2 aliphatic heterocycles. The molecule has 1 aromatic rings. The maximum absolute atomic E-state index is 12.9. The molecule has 0 saturated carbocycles. The molecule has 25 heavy (non-hydrogen) atoms. The molecular formula is C19H27FN2O3. The highest BCUT2D eigenvalue weighted by Crippen LogP contribution is 2.40. The number of likely N-dealkylation sites (tertiary alicyclic amines) is 2. The molecule has 2 heterocycles. The summed E-state index contributed by atoms with van der Waals surface area (Å²) < 4.78 is 23.7. The lowest BCUT2D eigenvalue weighted by molar-refractivity contribution is -0.136. The maximum Gasteiger partial charge on any atom is 0.260 e. The van der Waals surface area contributed by atoms with Crippen LogP contribution in [0.25, 0.3) is 0 Å². The monoisotopic (exact) mass is 350 g/mol. The van der Waals surface area contributed by atoms with Gasteiger partial charge in [0.1, 0.15) is 11.6 Å². The minimum atomic E-state index is -0.313. The van der Waals surface area contributed by atoms with Crippen LogP contribution in [0.2, 0.25) is 0 Å². The predicted octanol–water partition coefficient (Wildman–Crippen LogP) is 2.31. The Balaban J connectivity index is 1.48. The van der Waals surface area contributed by atoms with Crippen LogP contribution in [0.3, 0.4) is 0 Å². The number of carbonyl (C=O) groups excluding carboxylic acids is 1. The molecule has 1 amide bonds. The third-order valence-corrected chi connectivity index (χ3v) is 5.82. The number of piperidine rings is 1. The molecule has 6 heteroatoms. The lowest BCUT2D eigenvalue weighted by atomic mass is 9.85. The second-order valence-electron chi connectivity index (χ2n) is 7.11. The van der Waals surface area contributed by atoms with Crippen LogP contribution in [-0.4, -0.2) is 67.7 Å². The van der Waals surface area contributed by atoms with Crippen molar-refractivity contribution in [2.75, 3.05) is 40.5 Å². The zero-order chi connectivity index (χ0) is 17.9. The van der Waals surface area contributed by atoms with E-state index < -0.39 is 0 Å². The molecule has 0 radical (unpaired) electrons. The van der Waals surface area contributed by atoms with Gasteiger partial charge < -0.3 is 14.4 Å². The summed E-state index contributed by atoms with van der Waals surface area (Å²) in [5, 5.41) is 0. The molecule has 2 aliphatic rings. The van der Waals surface area contributed by atoms with Crippen LogP contribution < -0.4 is 4.74 Å². The summed E-state index contributed by atoms with van der Waals surface area (Å²) >= 11 is 0. The van der Waals surface area contributed by atoms with Crippen molar-refractivity contribution in [2.45, 2.75) is 37.3 Å². The van der Waals surface area contributed by atoms with Gasteiger partial charge in [-0.3, -0.25) is 9.69 Å². The summed E-state index contributed by atoms with van der Waals surface area (Å²) in [7, 11) is 3.94. The zero-order valence-corrected chi connectivity index (χ0v) is 15.0. The number of rotatable bonds is 5. The molecule has 0 aromatic heterocycles. The van der Waals surface area contributed by atoms with Gasteiger partial charge in [0.05, 0.1) is 6.61 Å². The van der Waals surface area contributed by atoms with Crippen molar-refractivity contribution in [1.82, 2.24) is 9.80 Å². The van der Waals surface area contributed by atoms with E-state index in [1.807, 2.05) is 4.90 Å². The van der Waals surface area contributed by atoms with Gasteiger partial charge in [0.2, 0.25) is 0 Å². The van der Waals surface area contributed by atoms with E-state index >= 15 is 0 Å². The molecule has 3 rings (SSSR count). The van der Waals surface area contributed by atoms with E-state index in [2.05, 4.69) is 11.9 Å². The first kappa shape index (κ1) is 18.1. The molecule has 1 aromatic carbocycles. The lowest BCUT2D eigenvalue weighted by Crippen LogP contribution is -2.54. The van der Waals surface area contributed by atoms with Crippen molar-refractivity contribution in [3.05, 3.63) is 30.1 Å². The summed E-state index contributed by atoms with van der Waals surface area (Å²) in [5.41, 5.74) is 0.206. The lowest BCUT2D eigenvalue weighted by Gasteiger charge is -2.45. The van der Waals surface area contributed by atoms with E-state index in [1.165, 1.54) is 30.7 Å². The van der Waals surface area contributed by atoms with Gasteiger partial charge in [-0.1, -0.05) is 0 Å². The summed E-state index contributed by atoms with van der Waals surface area (Å²) in [6, 6.07) is 6.22. The van der Waals surface area contributed by atoms with Gasteiger partial charge in [0, 0.05) is 31.8 Å². The molecule has 0 bridgehead atoms. The summed E-state index contributed by atoms with van der Waals surface area (Å²) in [5.74, 6) is 0.196. The van der Waals surface area contributed by atoms with Crippen LogP contribution in [0, 0.1) is 5.82 Å². The number of amides is 1. The number of carbonyl (C=O) groups is 1. The Kier molecular flexibility index (Phi) is 5.59. The molecular weight excluding hydrogens is 323 g/mol. The molecule has 5 nitrogen and oxygen atoms in total. The third kappa shape index (κ3) is 3.96. The van der Waals surface area contributed by atoms with E-state index in [1.54, 1.807) is 7.11 Å². The van der Waals surface area contributed by atoms with Crippen LogP contribution >= 0.6 is 0 Å². The Bertz CT molecular complexity index is 585. The first-order valence-electron chi connectivity index (χ1n) is 8.92. The van der Waals surface area contributed by atoms with Crippen molar-refractivity contribution >= 4 is 5.91 Å². The van der Waals surface area contributed by atoms with Crippen molar-refractivity contribution < 1.29 is 18.7 Å². The van der Waals surface area contributed by atoms with Gasteiger partial charge in [-0.15, -0.1) is 0 Å². The van der Waals surface area contributed by atoms with Crippen molar-refractivity contribution in [1.29, 1.82) is 0 Å². The van der Waals surface area contributed by atoms with E-state index in [9.17, 15) is 9.18 Å². The predicted molar refractivity (Wildman–Crippen MR) is 93.1 cm³/mol. The molecule has 1 atom stereocenters. The quantitative estimate of drug-likeness (QED) is 0.817. The van der Waals surface area contributed by atoms with Crippen LogP contribution in [0.5, 0.6) is 5.75 Å². The zero-order valence-electron chi connectivity index (χ0n) is 15.0. The summed E-state index contributed by atoms with van der Waals surface area (Å²) in [6.45, 7) is 2.29.